The van der Waals surface area contributed by atoms with E-state index < -0.39 is 18.2 Å². The number of nitrogens with zero attached hydrogens (tertiary/aromatic N) is 4. The van der Waals surface area contributed by atoms with Gasteiger partial charge in [-0.1, -0.05) is 101 Å². The summed E-state index contributed by atoms with van der Waals surface area (Å²) in [6.07, 6.45) is -1.02. The average Bonchev–Trinajstić information content (AvgIpc) is 3.68. The number of hydrogen-bond donors (Lipinski definition) is 0. The van der Waals surface area contributed by atoms with Crippen molar-refractivity contribution in [2.24, 2.45) is 0 Å². The fraction of sp³-hybridized carbons (Fsp3) is 0.255. The van der Waals surface area contributed by atoms with E-state index in [-0.39, 0.29) is 18.3 Å². The maximum Gasteiger partial charge on any atom is 0.137 e. The molecule has 1 aliphatic carbocycles. The second-order valence-corrected chi connectivity index (χ2v) is 15.1. The molecule has 0 N–H and O–H groups in total. The zero-order valence-corrected chi connectivity index (χ0v) is 30.2. The standard InChI is InChI=1S/C47H46N4O/c1-46(2,3)35-27-36(50-32-49(4)42-19-11-12-20-43(42)50)30-38(28-35)52-37-21-22-40-39-17-9-10-18-41(39)51(44(40)31-37)45-29-34(23-26-48-45)47(24-13-6-14-25-47)33-15-7-5-8-16-33/h5,7-12,15-23,26-31H,6,13-14,24-25,32H2,1-4H3/i24D2,25D2. The smallest absolute Gasteiger partial charge is 0.137 e. The summed E-state index contributed by atoms with van der Waals surface area (Å²) < 4.78 is 46.7. The summed E-state index contributed by atoms with van der Waals surface area (Å²) in [7, 11) is 2.12. The first-order valence-corrected chi connectivity index (χ1v) is 18.3. The van der Waals surface area contributed by atoms with Crippen molar-refractivity contribution in [3.63, 3.8) is 0 Å². The maximum absolute atomic E-state index is 9.45. The number of hydrogen-bond acceptors (Lipinski definition) is 4. The zero-order chi connectivity index (χ0) is 39.0. The Kier molecular flexibility index (Phi) is 6.80. The Hall–Kier alpha value is -5.55. The van der Waals surface area contributed by atoms with Crippen LogP contribution in [0.3, 0.4) is 0 Å². The van der Waals surface area contributed by atoms with E-state index in [0.717, 1.165) is 45.6 Å². The molecule has 2 aromatic heterocycles. The number of anilines is 3. The number of benzene rings is 5. The minimum Gasteiger partial charge on any atom is -0.457 e. The maximum atomic E-state index is 9.45. The molecule has 5 nitrogen and oxygen atoms in total. The van der Waals surface area contributed by atoms with Crippen LogP contribution < -0.4 is 14.5 Å². The average molecular weight is 687 g/mol. The minimum atomic E-state index is -1.86. The highest BCUT2D eigenvalue weighted by Crippen LogP contribution is 2.46. The normalized spacial score (nSPS) is 18.8. The Morgan fingerprint density at radius 3 is 2.21 bits per heavy atom. The highest BCUT2D eigenvalue weighted by atomic mass is 16.5. The predicted molar refractivity (Wildman–Crippen MR) is 216 cm³/mol. The van der Waals surface area contributed by atoms with Gasteiger partial charge in [0, 0.05) is 52.7 Å². The summed E-state index contributed by atoms with van der Waals surface area (Å²) in [5.74, 6) is 2.01. The first-order chi connectivity index (χ1) is 26.8. The van der Waals surface area contributed by atoms with Gasteiger partial charge in [-0.15, -0.1) is 0 Å². The van der Waals surface area contributed by atoms with E-state index in [0.29, 0.717) is 29.1 Å². The van der Waals surface area contributed by atoms with E-state index >= 15 is 0 Å². The lowest BCUT2D eigenvalue weighted by atomic mass is 9.65. The van der Waals surface area contributed by atoms with Crippen LogP contribution in [0.15, 0.2) is 134 Å². The summed E-state index contributed by atoms with van der Waals surface area (Å²) in [5, 5.41) is 2.08. The molecule has 2 aliphatic rings. The van der Waals surface area contributed by atoms with Crippen LogP contribution in [-0.2, 0) is 10.8 Å². The molecule has 5 heteroatoms. The lowest BCUT2D eigenvalue weighted by molar-refractivity contribution is 0.345. The van der Waals surface area contributed by atoms with Crippen LogP contribution in [0.4, 0.5) is 17.1 Å². The summed E-state index contributed by atoms with van der Waals surface area (Å²) in [4.78, 5) is 9.48. The fourth-order valence-electron chi connectivity index (χ4n) is 7.97. The molecule has 0 saturated heterocycles. The van der Waals surface area contributed by atoms with Gasteiger partial charge < -0.3 is 14.5 Å². The number of ether oxygens (including phenoxy) is 1. The highest BCUT2D eigenvalue weighted by Gasteiger charge is 2.36. The van der Waals surface area contributed by atoms with Crippen LogP contribution in [-0.4, -0.2) is 23.3 Å². The molecule has 0 spiro atoms. The molecule has 260 valence electrons. The molecule has 1 saturated carbocycles. The summed E-state index contributed by atoms with van der Waals surface area (Å²) in [6.45, 7) is 7.40. The number of aromatic nitrogens is 2. The van der Waals surface area contributed by atoms with Crippen molar-refractivity contribution in [1.82, 2.24) is 9.55 Å². The number of para-hydroxylation sites is 3. The summed E-state index contributed by atoms with van der Waals surface area (Å²) in [5.41, 5.74) is 5.96. The van der Waals surface area contributed by atoms with Gasteiger partial charge in [-0.2, -0.15) is 0 Å². The molecule has 0 bridgehead atoms. The first-order valence-electron chi connectivity index (χ1n) is 20.3. The topological polar surface area (TPSA) is 33.5 Å². The summed E-state index contributed by atoms with van der Waals surface area (Å²) >= 11 is 0. The van der Waals surface area contributed by atoms with Crippen molar-refractivity contribution in [3.8, 4) is 17.3 Å². The van der Waals surface area contributed by atoms with Gasteiger partial charge in [0.05, 0.1) is 29.1 Å². The van der Waals surface area contributed by atoms with Crippen LogP contribution in [0.25, 0.3) is 27.6 Å². The monoisotopic (exact) mass is 686 g/mol. The molecule has 1 aliphatic heterocycles. The molecule has 7 aromatic rings. The van der Waals surface area contributed by atoms with E-state index in [4.69, 9.17) is 9.72 Å². The Morgan fingerprint density at radius 2 is 1.40 bits per heavy atom. The molecule has 0 amide bonds. The molecule has 0 atom stereocenters. The Bertz CT molecular complexity index is 2600. The fourth-order valence-corrected chi connectivity index (χ4v) is 7.97. The van der Waals surface area contributed by atoms with Gasteiger partial charge in [0.15, 0.2) is 0 Å². The third-order valence-corrected chi connectivity index (χ3v) is 10.6. The van der Waals surface area contributed by atoms with Gasteiger partial charge in [-0.3, -0.25) is 4.57 Å². The molecule has 9 rings (SSSR count). The highest BCUT2D eigenvalue weighted by molar-refractivity contribution is 6.09. The largest absolute Gasteiger partial charge is 0.457 e. The number of pyridine rings is 1. The molecule has 0 unspecified atom stereocenters. The van der Waals surface area contributed by atoms with Gasteiger partial charge in [0.2, 0.25) is 0 Å². The predicted octanol–water partition coefficient (Wildman–Crippen LogP) is 12.1. The Balaban J connectivity index is 1.19. The van der Waals surface area contributed by atoms with Crippen molar-refractivity contribution in [2.75, 3.05) is 23.5 Å². The molecular weight excluding hydrogens is 637 g/mol. The van der Waals surface area contributed by atoms with Crippen LogP contribution in [0, 0.1) is 0 Å². The van der Waals surface area contributed by atoms with E-state index in [1.165, 1.54) is 11.3 Å². The molecule has 1 fully saturated rings. The van der Waals surface area contributed by atoms with Crippen molar-refractivity contribution in [2.45, 2.75) is 63.6 Å². The SMILES string of the molecule is [2H]C1([2H])CCCC([2H])([2H])C1(c1ccccc1)c1ccnc(-n2c3ccccc3c3ccc(Oc4cc(N5CN(C)c6ccccc65)cc(C(C)(C)C)c4)cc32)c1. The molecule has 5 aromatic carbocycles. The van der Waals surface area contributed by atoms with Crippen molar-refractivity contribution >= 4 is 38.9 Å². The van der Waals surface area contributed by atoms with Crippen LogP contribution in [0.2, 0.25) is 0 Å². The molecule has 3 heterocycles. The second-order valence-electron chi connectivity index (χ2n) is 15.1. The third-order valence-electron chi connectivity index (χ3n) is 10.6. The van der Waals surface area contributed by atoms with E-state index in [1.807, 2.05) is 54.6 Å². The lowest BCUT2D eigenvalue weighted by Crippen LogP contribution is -2.30. The van der Waals surface area contributed by atoms with Crippen molar-refractivity contribution in [1.29, 1.82) is 0 Å². The Morgan fingerprint density at radius 1 is 0.673 bits per heavy atom. The van der Waals surface area contributed by atoms with Gasteiger partial charge in [0.1, 0.15) is 17.3 Å². The first kappa shape index (κ1) is 28.1. The van der Waals surface area contributed by atoms with Crippen molar-refractivity contribution < 1.29 is 10.2 Å². The van der Waals surface area contributed by atoms with Gasteiger partial charge in [-0.25, -0.2) is 4.98 Å². The second kappa shape index (κ2) is 12.6. The van der Waals surface area contributed by atoms with Gasteiger partial charge >= 0.3 is 0 Å². The van der Waals surface area contributed by atoms with Gasteiger partial charge in [-0.05, 0) is 89.4 Å². The number of fused-ring (bicyclic) bond motifs is 4. The Labute approximate surface area is 312 Å². The van der Waals surface area contributed by atoms with E-state index in [9.17, 15) is 5.48 Å². The summed E-state index contributed by atoms with van der Waals surface area (Å²) in [6, 6.07) is 42.4. The van der Waals surface area contributed by atoms with E-state index in [1.54, 1.807) is 12.3 Å². The van der Waals surface area contributed by atoms with Crippen LogP contribution in [0.5, 0.6) is 11.5 Å². The molecule has 0 radical (unpaired) electrons. The molecular formula is C47H46N4O. The van der Waals surface area contributed by atoms with Crippen molar-refractivity contribution in [3.05, 3.63) is 150 Å². The zero-order valence-electron chi connectivity index (χ0n) is 34.2. The van der Waals surface area contributed by atoms with E-state index in [2.05, 4.69) is 109 Å². The van der Waals surface area contributed by atoms with Crippen LogP contribution >= 0.6 is 0 Å². The molecule has 52 heavy (non-hydrogen) atoms. The third kappa shape index (κ3) is 5.51. The lowest BCUT2D eigenvalue weighted by Gasteiger charge is -2.38. The quantitative estimate of drug-likeness (QED) is 0.174. The van der Waals surface area contributed by atoms with Gasteiger partial charge in [0.25, 0.3) is 0 Å². The minimum absolute atomic E-state index is 0.118. The number of rotatable bonds is 6. The van der Waals surface area contributed by atoms with Crippen LogP contribution in [0.1, 0.15) is 75.0 Å².